The minimum Gasteiger partial charge on any atom is -0.493 e. The Labute approximate surface area is 142 Å². The van der Waals surface area contributed by atoms with Gasteiger partial charge in [0.25, 0.3) is 5.91 Å². The van der Waals surface area contributed by atoms with Crippen LogP contribution >= 0.6 is 0 Å². The average molecular weight is 325 g/mol. The lowest BCUT2D eigenvalue weighted by Crippen LogP contribution is -2.39. The lowest BCUT2D eigenvalue weighted by molar-refractivity contribution is -0.128. The summed E-state index contributed by atoms with van der Waals surface area (Å²) in [7, 11) is 1.59. The van der Waals surface area contributed by atoms with Gasteiger partial charge in [-0.1, -0.05) is 36.4 Å². The molecule has 1 amide bonds. The van der Waals surface area contributed by atoms with Crippen molar-refractivity contribution < 1.29 is 14.3 Å². The fraction of sp³-hybridized carbons (Fsp3) is 0.350. The molecule has 0 fully saturated rings. The summed E-state index contributed by atoms with van der Waals surface area (Å²) in [4.78, 5) is 12.5. The highest BCUT2D eigenvalue weighted by Gasteiger charge is 2.24. The first-order valence-electron chi connectivity index (χ1n) is 8.37. The predicted molar refractivity (Wildman–Crippen MR) is 93.3 cm³/mol. The van der Waals surface area contributed by atoms with Gasteiger partial charge in [0.2, 0.25) is 0 Å². The van der Waals surface area contributed by atoms with Crippen LogP contribution in [0.4, 0.5) is 0 Å². The van der Waals surface area contributed by atoms with E-state index in [1.807, 2.05) is 24.3 Å². The number of methoxy groups -OCH3 is 1. The molecule has 0 saturated carbocycles. The number of aryl methyl sites for hydroxylation is 1. The van der Waals surface area contributed by atoms with Crippen molar-refractivity contribution in [1.82, 2.24) is 5.32 Å². The summed E-state index contributed by atoms with van der Waals surface area (Å²) < 4.78 is 11.1. The Kier molecular flexibility index (Phi) is 5.04. The molecule has 3 rings (SSSR count). The van der Waals surface area contributed by atoms with E-state index < -0.39 is 6.10 Å². The van der Waals surface area contributed by atoms with Crippen LogP contribution in [0.2, 0.25) is 0 Å². The molecular weight excluding hydrogens is 302 g/mol. The van der Waals surface area contributed by atoms with E-state index in [9.17, 15) is 4.79 Å². The van der Waals surface area contributed by atoms with Gasteiger partial charge in [-0.3, -0.25) is 4.79 Å². The van der Waals surface area contributed by atoms with Gasteiger partial charge in [0, 0.05) is 0 Å². The van der Waals surface area contributed by atoms with Crippen LogP contribution in [-0.4, -0.2) is 19.1 Å². The zero-order valence-corrected chi connectivity index (χ0v) is 14.1. The molecule has 0 radical (unpaired) electrons. The fourth-order valence-corrected chi connectivity index (χ4v) is 3.15. The minimum atomic E-state index is -0.588. The minimum absolute atomic E-state index is 0.0613. The number of benzene rings is 2. The van der Waals surface area contributed by atoms with Crippen molar-refractivity contribution in [3.8, 4) is 11.5 Å². The van der Waals surface area contributed by atoms with Crippen molar-refractivity contribution in [3.05, 3.63) is 59.7 Å². The number of hydrogen-bond donors (Lipinski definition) is 1. The third kappa shape index (κ3) is 3.53. The molecule has 0 saturated heterocycles. The number of amides is 1. The number of nitrogens with one attached hydrogen (secondary N) is 1. The molecule has 0 bridgehead atoms. The van der Waals surface area contributed by atoms with E-state index in [4.69, 9.17) is 9.47 Å². The van der Waals surface area contributed by atoms with Gasteiger partial charge in [-0.15, -0.1) is 0 Å². The topological polar surface area (TPSA) is 47.6 Å². The average Bonchev–Trinajstić information content (AvgIpc) is 2.62. The van der Waals surface area contributed by atoms with Crippen molar-refractivity contribution in [1.29, 1.82) is 0 Å². The van der Waals surface area contributed by atoms with E-state index in [2.05, 4.69) is 23.5 Å². The summed E-state index contributed by atoms with van der Waals surface area (Å²) in [5.41, 5.74) is 2.55. The number of carbonyl (C=O) groups excluding carboxylic acids is 1. The van der Waals surface area contributed by atoms with Crippen molar-refractivity contribution in [3.63, 3.8) is 0 Å². The fourth-order valence-electron chi connectivity index (χ4n) is 3.15. The summed E-state index contributed by atoms with van der Waals surface area (Å²) in [5.74, 6) is 1.09. The lowest BCUT2D eigenvalue weighted by atomic mass is 9.87. The van der Waals surface area contributed by atoms with Crippen molar-refractivity contribution >= 4 is 5.91 Å². The van der Waals surface area contributed by atoms with Gasteiger partial charge >= 0.3 is 0 Å². The van der Waals surface area contributed by atoms with Gasteiger partial charge < -0.3 is 14.8 Å². The normalized spacial score (nSPS) is 17.5. The van der Waals surface area contributed by atoms with Crippen LogP contribution in [0.5, 0.6) is 11.5 Å². The van der Waals surface area contributed by atoms with E-state index in [-0.39, 0.29) is 11.9 Å². The standard InChI is InChI=1S/C20H23NO3/c1-14(24-19-13-6-5-12-18(19)23-2)20(22)21-17-11-7-9-15-8-3-4-10-16(15)17/h3-6,8,10,12-14,17H,7,9,11H2,1-2H3,(H,21,22)/t14-,17+/m1/s1. The molecule has 2 aromatic rings. The van der Waals surface area contributed by atoms with Crippen molar-refractivity contribution in [2.24, 2.45) is 0 Å². The highest BCUT2D eigenvalue weighted by atomic mass is 16.5. The Bertz CT molecular complexity index is 714. The molecule has 2 aromatic carbocycles. The number of ether oxygens (including phenoxy) is 2. The predicted octanol–water partition coefficient (Wildman–Crippen LogP) is 3.66. The lowest BCUT2D eigenvalue weighted by Gasteiger charge is -2.27. The molecule has 0 unspecified atom stereocenters. The third-order valence-corrected chi connectivity index (χ3v) is 4.43. The number of rotatable bonds is 5. The first-order valence-corrected chi connectivity index (χ1v) is 8.37. The molecule has 126 valence electrons. The Morgan fingerprint density at radius 1 is 1.12 bits per heavy atom. The van der Waals surface area contributed by atoms with E-state index in [1.54, 1.807) is 20.1 Å². The van der Waals surface area contributed by atoms with Crippen molar-refractivity contribution in [2.45, 2.75) is 38.3 Å². The highest BCUT2D eigenvalue weighted by molar-refractivity contribution is 5.81. The van der Waals surface area contributed by atoms with Crippen LogP contribution in [0.25, 0.3) is 0 Å². The van der Waals surface area contributed by atoms with Gasteiger partial charge in [0.1, 0.15) is 0 Å². The summed E-state index contributed by atoms with van der Waals surface area (Å²) in [6.07, 6.45) is 2.54. The second kappa shape index (κ2) is 7.39. The Hall–Kier alpha value is -2.49. The highest BCUT2D eigenvalue weighted by Crippen LogP contribution is 2.30. The zero-order chi connectivity index (χ0) is 16.9. The summed E-state index contributed by atoms with van der Waals surface area (Å²) >= 11 is 0. The number of fused-ring (bicyclic) bond motifs is 1. The quantitative estimate of drug-likeness (QED) is 0.913. The van der Waals surface area contributed by atoms with Crippen LogP contribution in [-0.2, 0) is 11.2 Å². The first-order chi connectivity index (χ1) is 11.7. The molecule has 0 heterocycles. The maximum absolute atomic E-state index is 12.5. The SMILES string of the molecule is COc1ccccc1O[C@H](C)C(=O)N[C@H]1CCCc2ccccc21. The largest absolute Gasteiger partial charge is 0.493 e. The van der Waals surface area contributed by atoms with Gasteiger partial charge in [-0.25, -0.2) is 0 Å². The molecule has 1 aliphatic rings. The van der Waals surface area contributed by atoms with Crippen molar-refractivity contribution in [2.75, 3.05) is 7.11 Å². The zero-order valence-electron chi connectivity index (χ0n) is 14.1. The molecule has 0 aromatic heterocycles. The van der Waals surface area contributed by atoms with E-state index in [0.29, 0.717) is 11.5 Å². The van der Waals surface area contributed by atoms with E-state index in [0.717, 1.165) is 19.3 Å². The maximum Gasteiger partial charge on any atom is 0.261 e. The molecule has 4 heteroatoms. The molecule has 0 spiro atoms. The molecule has 0 aliphatic heterocycles. The van der Waals surface area contributed by atoms with Gasteiger partial charge in [0.05, 0.1) is 13.2 Å². The molecule has 1 aliphatic carbocycles. The molecule has 4 nitrogen and oxygen atoms in total. The van der Waals surface area contributed by atoms with Crippen LogP contribution in [0.15, 0.2) is 48.5 Å². The molecule has 2 atom stereocenters. The number of para-hydroxylation sites is 2. The van der Waals surface area contributed by atoms with E-state index >= 15 is 0 Å². The summed E-state index contributed by atoms with van der Waals surface area (Å²) in [6.45, 7) is 1.76. The van der Waals surface area contributed by atoms with Gasteiger partial charge in [0.15, 0.2) is 17.6 Å². The number of carbonyl (C=O) groups is 1. The molecule has 24 heavy (non-hydrogen) atoms. The van der Waals surface area contributed by atoms with Gasteiger partial charge in [-0.05, 0) is 49.4 Å². The van der Waals surface area contributed by atoms with Crippen LogP contribution in [0.1, 0.15) is 36.9 Å². The third-order valence-electron chi connectivity index (χ3n) is 4.43. The second-order valence-corrected chi connectivity index (χ2v) is 6.06. The van der Waals surface area contributed by atoms with Crippen LogP contribution in [0.3, 0.4) is 0 Å². The number of hydrogen-bond acceptors (Lipinski definition) is 3. The Morgan fingerprint density at radius 2 is 1.83 bits per heavy atom. The maximum atomic E-state index is 12.5. The Morgan fingerprint density at radius 3 is 2.62 bits per heavy atom. The first kappa shape index (κ1) is 16.4. The van der Waals surface area contributed by atoms with Crippen LogP contribution < -0.4 is 14.8 Å². The van der Waals surface area contributed by atoms with Crippen LogP contribution in [0, 0.1) is 0 Å². The summed E-state index contributed by atoms with van der Waals surface area (Å²) in [6, 6.07) is 15.7. The van der Waals surface area contributed by atoms with E-state index in [1.165, 1.54) is 11.1 Å². The monoisotopic (exact) mass is 325 g/mol. The smallest absolute Gasteiger partial charge is 0.261 e. The molecule has 1 N–H and O–H groups in total. The summed E-state index contributed by atoms with van der Waals surface area (Å²) in [5, 5.41) is 3.13. The van der Waals surface area contributed by atoms with Gasteiger partial charge in [-0.2, -0.15) is 0 Å². The second-order valence-electron chi connectivity index (χ2n) is 6.06. The Balaban J connectivity index is 1.67. The molecular formula is C20H23NO3.